The zero-order valence-corrected chi connectivity index (χ0v) is 29.5. The van der Waals surface area contributed by atoms with Gasteiger partial charge in [-0.1, -0.05) is 23.4 Å². The minimum atomic E-state index is -0.992. The van der Waals surface area contributed by atoms with E-state index in [1.807, 2.05) is 35.9 Å². The maximum atomic E-state index is 13.6. The number of aromatic nitrogens is 3. The molecular weight excluding hydrogens is 685 g/mol. The summed E-state index contributed by atoms with van der Waals surface area (Å²) in [6.45, 7) is 4.79. The maximum Gasteiger partial charge on any atom is 0.262 e. The average molecular weight is 721 g/mol. The minimum Gasteiger partial charge on any atom is -0.411 e. The first-order valence-corrected chi connectivity index (χ1v) is 18.1. The molecule has 3 aliphatic heterocycles. The maximum absolute atomic E-state index is 13.6. The third-order valence-corrected chi connectivity index (χ3v) is 11.1. The van der Waals surface area contributed by atoms with Crippen LogP contribution in [0.25, 0.3) is 28.1 Å². The standard InChI is InChI=1S/C41H36N8O5/c1-24-34(11-9-31-37(24)41(53)49(40(31)52)35-12-13-36(50)43-39(35)51)47-20-18-46(19-21-47)28-4-6-29(7-5-28)48-23-32(38(44-48)25-14-16-42-17-15-25)27-2-8-30-26(22-27)3-10-33(30)45-54/h2,4-9,11,14-17,22-23,35,54H,3,10,12-13,18-21H2,1H3,(H,43,50,51). The lowest BCUT2D eigenvalue weighted by molar-refractivity contribution is -0.136. The number of oxime groups is 1. The van der Waals surface area contributed by atoms with Crippen molar-refractivity contribution in [3.63, 3.8) is 0 Å². The van der Waals surface area contributed by atoms with Crippen molar-refractivity contribution < 1.29 is 24.4 Å². The van der Waals surface area contributed by atoms with Crippen molar-refractivity contribution in [3.05, 3.63) is 113 Å². The summed E-state index contributed by atoms with van der Waals surface area (Å²) in [6, 6.07) is 21.1. The molecule has 54 heavy (non-hydrogen) atoms. The molecule has 1 aliphatic carbocycles. The normalized spacial score (nSPS) is 19.1. The van der Waals surface area contributed by atoms with Crippen LogP contribution in [0.1, 0.15) is 56.7 Å². The van der Waals surface area contributed by atoms with E-state index in [-0.39, 0.29) is 12.8 Å². The minimum absolute atomic E-state index is 0.0820. The fourth-order valence-electron chi connectivity index (χ4n) is 8.25. The van der Waals surface area contributed by atoms with Crippen molar-refractivity contribution in [3.8, 4) is 28.1 Å². The van der Waals surface area contributed by atoms with Gasteiger partial charge < -0.3 is 15.0 Å². The van der Waals surface area contributed by atoms with Gasteiger partial charge in [0.15, 0.2) is 0 Å². The Labute approximate surface area is 310 Å². The number of imide groups is 2. The van der Waals surface area contributed by atoms with Crippen molar-refractivity contribution in [2.24, 2.45) is 5.16 Å². The fraction of sp³-hybridized carbons (Fsp3) is 0.244. The van der Waals surface area contributed by atoms with Crippen LogP contribution in [0.15, 0.2) is 90.5 Å². The second-order valence-electron chi connectivity index (χ2n) is 14.1. The lowest BCUT2D eigenvalue weighted by Crippen LogP contribution is -2.54. The van der Waals surface area contributed by atoms with E-state index in [0.29, 0.717) is 29.8 Å². The van der Waals surface area contributed by atoms with Gasteiger partial charge in [-0.15, -0.1) is 0 Å². The van der Waals surface area contributed by atoms with Crippen molar-refractivity contribution in [1.29, 1.82) is 0 Å². The Hall–Kier alpha value is -6.63. The Balaban J connectivity index is 0.918. The number of carbonyl (C=O) groups is 4. The first-order valence-electron chi connectivity index (χ1n) is 18.1. The first-order chi connectivity index (χ1) is 26.3. The molecule has 4 amide bonds. The van der Waals surface area contributed by atoms with E-state index in [4.69, 9.17) is 5.10 Å². The molecule has 2 N–H and O–H groups in total. The van der Waals surface area contributed by atoms with Gasteiger partial charge in [0.25, 0.3) is 11.8 Å². The molecule has 5 aromatic rings. The summed E-state index contributed by atoms with van der Waals surface area (Å²) >= 11 is 0. The van der Waals surface area contributed by atoms with Gasteiger partial charge >= 0.3 is 0 Å². The van der Waals surface area contributed by atoms with Crippen LogP contribution in [0, 0.1) is 6.92 Å². The number of benzene rings is 3. The number of fused-ring (bicyclic) bond motifs is 2. The van der Waals surface area contributed by atoms with E-state index >= 15 is 0 Å². The van der Waals surface area contributed by atoms with E-state index in [1.54, 1.807) is 18.5 Å². The lowest BCUT2D eigenvalue weighted by Gasteiger charge is -2.38. The molecular formula is C41H36N8O5. The van der Waals surface area contributed by atoms with Crippen LogP contribution in [0.3, 0.4) is 0 Å². The Morgan fingerprint density at radius 1 is 0.759 bits per heavy atom. The zero-order valence-electron chi connectivity index (χ0n) is 29.5. The van der Waals surface area contributed by atoms with Gasteiger partial charge in [0.2, 0.25) is 11.8 Å². The average Bonchev–Trinajstić information content (AvgIpc) is 3.90. The summed E-state index contributed by atoms with van der Waals surface area (Å²) in [4.78, 5) is 60.9. The predicted molar refractivity (Wildman–Crippen MR) is 201 cm³/mol. The number of hydrogen-bond donors (Lipinski definition) is 2. The Morgan fingerprint density at radius 2 is 1.48 bits per heavy atom. The zero-order chi connectivity index (χ0) is 37.1. The van der Waals surface area contributed by atoms with E-state index < -0.39 is 29.7 Å². The highest BCUT2D eigenvalue weighted by molar-refractivity contribution is 6.24. The number of rotatable bonds is 6. The highest BCUT2D eigenvalue weighted by Crippen LogP contribution is 2.37. The van der Waals surface area contributed by atoms with Gasteiger partial charge in [-0.25, -0.2) is 4.68 Å². The number of aryl methyl sites for hydroxylation is 1. The monoisotopic (exact) mass is 720 g/mol. The molecule has 2 aromatic heterocycles. The number of anilines is 2. The van der Waals surface area contributed by atoms with Crippen LogP contribution in [-0.2, 0) is 16.0 Å². The van der Waals surface area contributed by atoms with E-state index in [0.717, 1.165) is 87.1 Å². The van der Waals surface area contributed by atoms with Crippen LogP contribution in [-0.4, -0.2) is 86.4 Å². The molecule has 4 aliphatic rings. The predicted octanol–water partition coefficient (Wildman–Crippen LogP) is 4.76. The first kappa shape index (κ1) is 33.2. The number of hydrogen-bond acceptors (Lipinski definition) is 10. The molecule has 1 atom stereocenters. The molecule has 9 rings (SSSR count). The second kappa shape index (κ2) is 13.1. The van der Waals surface area contributed by atoms with E-state index in [1.165, 1.54) is 0 Å². The van der Waals surface area contributed by atoms with Gasteiger partial charge in [0.05, 0.1) is 22.5 Å². The van der Waals surface area contributed by atoms with Crippen LogP contribution in [0.4, 0.5) is 11.4 Å². The molecule has 13 heteroatoms. The third-order valence-electron chi connectivity index (χ3n) is 11.1. The quantitative estimate of drug-likeness (QED) is 0.144. The molecule has 5 heterocycles. The third kappa shape index (κ3) is 5.51. The summed E-state index contributed by atoms with van der Waals surface area (Å²) < 4.78 is 1.91. The van der Waals surface area contributed by atoms with Gasteiger partial charge in [-0.2, -0.15) is 5.10 Å². The summed E-state index contributed by atoms with van der Waals surface area (Å²) in [5.41, 5.74) is 11.0. The highest BCUT2D eigenvalue weighted by Gasteiger charge is 2.45. The smallest absolute Gasteiger partial charge is 0.262 e. The number of pyridine rings is 1. The largest absolute Gasteiger partial charge is 0.411 e. The molecule has 0 spiro atoms. The molecule has 270 valence electrons. The molecule has 1 unspecified atom stereocenters. The summed E-state index contributed by atoms with van der Waals surface area (Å²) in [6.07, 6.45) is 7.35. The molecule has 13 nitrogen and oxygen atoms in total. The van der Waals surface area contributed by atoms with Gasteiger partial charge in [0, 0.05) is 79.3 Å². The second-order valence-corrected chi connectivity index (χ2v) is 14.1. The van der Waals surface area contributed by atoms with E-state index in [9.17, 15) is 24.4 Å². The molecule has 0 bridgehead atoms. The molecule has 0 radical (unpaired) electrons. The highest BCUT2D eigenvalue weighted by atomic mass is 16.4. The number of piperidine rings is 1. The number of piperazine rings is 1. The molecule has 2 saturated heterocycles. The van der Waals surface area contributed by atoms with Crippen molar-refractivity contribution in [2.75, 3.05) is 36.0 Å². The van der Waals surface area contributed by atoms with Crippen molar-refractivity contribution in [2.45, 2.75) is 38.6 Å². The number of nitrogens with one attached hydrogen (secondary N) is 1. The van der Waals surface area contributed by atoms with Crippen LogP contribution < -0.4 is 15.1 Å². The summed E-state index contributed by atoms with van der Waals surface area (Å²) in [5, 5.41) is 20.2. The lowest BCUT2D eigenvalue weighted by atomic mass is 9.98. The van der Waals surface area contributed by atoms with Crippen LogP contribution in [0.2, 0.25) is 0 Å². The molecule has 3 aromatic carbocycles. The number of carbonyl (C=O) groups excluding carboxylic acids is 4. The van der Waals surface area contributed by atoms with Gasteiger partial charge in [0.1, 0.15) is 11.7 Å². The Morgan fingerprint density at radius 3 is 2.22 bits per heavy atom. The van der Waals surface area contributed by atoms with Gasteiger partial charge in [-0.3, -0.25) is 34.4 Å². The topological polar surface area (TPSA) is 153 Å². The number of amides is 4. The van der Waals surface area contributed by atoms with Crippen molar-refractivity contribution >= 4 is 40.7 Å². The van der Waals surface area contributed by atoms with Gasteiger partial charge in [-0.05, 0) is 91.4 Å². The fourth-order valence-corrected chi connectivity index (χ4v) is 8.25. The molecule has 2 fully saturated rings. The molecule has 0 saturated carbocycles. The van der Waals surface area contributed by atoms with Crippen LogP contribution in [0.5, 0.6) is 0 Å². The summed E-state index contributed by atoms with van der Waals surface area (Å²) in [7, 11) is 0. The van der Waals surface area contributed by atoms with E-state index in [2.05, 4.69) is 67.9 Å². The Kier molecular flexibility index (Phi) is 8.06. The van der Waals surface area contributed by atoms with Crippen LogP contribution >= 0.6 is 0 Å². The Bertz CT molecular complexity index is 2400. The summed E-state index contributed by atoms with van der Waals surface area (Å²) in [5.74, 6) is -2.00. The SMILES string of the molecule is Cc1c(N2CCN(c3ccc(-n4cc(-c5ccc6c(c5)CCC6=NO)c(-c5ccncc5)n4)cc3)CC2)ccc2c1C(=O)N(C1CCC(=O)NC1=O)C2=O. The number of nitrogens with zero attached hydrogens (tertiary/aromatic N) is 7. The van der Waals surface area contributed by atoms with Crippen molar-refractivity contribution in [1.82, 2.24) is 25.0 Å².